The summed E-state index contributed by atoms with van der Waals surface area (Å²) in [5, 5.41) is 22.2. The van der Waals surface area contributed by atoms with Gasteiger partial charge in [-0.05, 0) is 61.3 Å². The molecule has 0 unspecified atom stereocenters. The average Bonchev–Trinajstić information content (AvgIpc) is 3.32. The van der Waals surface area contributed by atoms with E-state index in [1.165, 1.54) is 4.90 Å². The number of halogens is 2. The maximum absolute atomic E-state index is 14.9. The standard InChI is InChI=1S/C32H41F2N3O6Si/c1-32(2,3)29(37(28(39)20-38)15-14-26(30(40)41)35-31(42)43-44(4,5)6)27-16-22(24-17-23(33)12-13-25(24)34)19-36(27)18-21-10-8-7-9-11-21/h7-13,16-17,19,26,29,38H,14-15,18,20H2,1-6H3,(H,35,42)(H,40,41)/t26-,29-/m0/s1. The van der Waals surface area contributed by atoms with E-state index in [1.54, 1.807) is 31.9 Å². The molecular formula is C32H41F2N3O6Si. The van der Waals surface area contributed by atoms with Gasteiger partial charge in [-0.15, -0.1) is 0 Å². The first-order valence-corrected chi connectivity index (χ1v) is 17.7. The van der Waals surface area contributed by atoms with E-state index >= 15 is 0 Å². The van der Waals surface area contributed by atoms with Crippen LogP contribution in [0.1, 0.15) is 44.5 Å². The summed E-state index contributed by atoms with van der Waals surface area (Å²) in [6.45, 7) is 10.3. The minimum atomic E-state index is -2.30. The molecule has 0 bridgehead atoms. The number of benzene rings is 2. The molecule has 0 radical (unpaired) electrons. The van der Waals surface area contributed by atoms with E-state index in [4.69, 9.17) is 4.43 Å². The molecule has 3 aromatic rings. The third-order valence-electron chi connectivity index (χ3n) is 6.88. The van der Waals surface area contributed by atoms with Gasteiger partial charge in [0.15, 0.2) is 0 Å². The summed E-state index contributed by atoms with van der Waals surface area (Å²) in [7, 11) is -2.30. The second kappa shape index (κ2) is 14.2. The molecule has 0 spiro atoms. The average molecular weight is 630 g/mol. The van der Waals surface area contributed by atoms with Gasteiger partial charge < -0.3 is 29.4 Å². The van der Waals surface area contributed by atoms with Crippen LogP contribution in [0, 0.1) is 17.0 Å². The molecule has 3 rings (SSSR count). The van der Waals surface area contributed by atoms with Gasteiger partial charge in [-0.3, -0.25) is 4.79 Å². The Morgan fingerprint density at radius 2 is 1.70 bits per heavy atom. The first-order chi connectivity index (χ1) is 20.5. The van der Waals surface area contributed by atoms with Crippen molar-refractivity contribution >= 4 is 26.3 Å². The molecule has 2 atom stereocenters. The third-order valence-corrected chi connectivity index (χ3v) is 7.68. The van der Waals surface area contributed by atoms with E-state index in [0.29, 0.717) is 17.8 Å². The first kappa shape index (κ1) is 34.5. The van der Waals surface area contributed by atoms with Gasteiger partial charge in [-0.1, -0.05) is 51.1 Å². The second-order valence-electron chi connectivity index (χ2n) is 12.7. The van der Waals surface area contributed by atoms with E-state index in [-0.39, 0.29) is 18.5 Å². The van der Waals surface area contributed by atoms with Crippen molar-refractivity contribution in [3.8, 4) is 11.1 Å². The van der Waals surface area contributed by atoms with Crippen molar-refractivity contribution in [1.29, 1.82) is 0 Å². The van der Waals surface area contributed by atoms with Crippen molar-refractivity contribution in [3.63, 3.8) is 0 Å². The topological polar surface area (TPSA) is 121 Å². The van der Waals surface area contributed by atoms with Gasteiger partial charge in [0.1, 0.15) is 24.3 Å². The number of carboxylic acid groups (broad SMARTS) is 1. The van der Waals surface area contributed by atoms with Crippen LogP contribution in [0.15, 0.2) is 60.8 Å². The molecule has 1 heterocycles. The number of hydrogen-bond acceptors (Lipinski definition) is 5. The summed E-state index contributed by atoms with van der Waals surface area (Å²) in [6.07, 6.45) is 0.649. The van der Waals surface area contributed by atoms with E-state index in [0.717, 1.165) is 23.8 Å². The summed E-state index contributed by atoms with van der Waals surface area (Å²) >= 11 is 0. The van der Waals surface area contributed by atoms with Crippen LogP contribution in [0.5, 0.6) is 0 Å². The van der Waals surface area contributed by atoms with Gasteiger partial charge in [-0.2, -0.15) is 0 Å². The third kappa shape index (κ3) is 9.23. The van der Waals surface area contributed by atoms with Gasteiger partial charge in [0.2, 0.25) is 14.2 Å². The van der Waals surface area contributed by atoms with E-state index in [2.05, 4.69) is 5.32 Å². The van der Waals surface area contributed by atoms with Crippen molar-refractivity contribution in [2.75, 3.05) is 13.2 Å². The Hall–Kier alpha value is -4.03. The Morgan fingerprint density at radius 3 is 2.27 bits per heavy atom. The fourth-order valence-electron chi connectivity index (χ4n) is 5.08. The van der Waals surface area contributed by atoms with Crippen LogP contribution in [0.4, 0.5) is 13.6 Å². The van der Waals surface area contributed by atoms with Gasteiger partial charge in [0, 0.05) is 36.1 Å². The molecule has 0 aliphatic rings. The summed E-state index contributed by atoms with van der Waals surface area (Å²) in [4.78, 5) is 39.2. The monoisotopic (exact) mass is 629 g/mol. The molecule has 0 aliphatic heterocycles. The molecule has 44 heavy (non-hydrogen) atoms. The zero-order valence-corrected chi connectivity index (χ0v) is 26.9. The largest absolute Gasteiger partial charge is 0.504 e. The number of aromatic nitrogens is 1. The van der Waals surface area contributed by atoms with Gasteiger partial charge >= 0.3 is 12.1 Å². The highest BCUT2D eigenvalue weighted by molar-refractivity contribution is 6.71. The Balaban J connectivity index is 2.10. The predicted octanol–water partition coefficient (Wildman–Crippen LogP) is 5.79. The number of rotatable bonds is 12. The number of nitrogens with zero attached hydrogens (tertiary/aromatic N) is 2. The lowest BCUT2D eigenvalue weighted by molar-refractivity contribution is -0.143. The van der Waals surface area contributed by atoms with Crippen LogP contribution in [-0.2, 0) is 20.6 Å². The molecule has 3 N–H and O–H groups in total. The lowest BCUT2D eigenvalue weighted by Crippen LogP contribution is -2.48. The van der Waals surface area contributed by atoms with Crippen molar-refractivity contribution < 1.29 is 37.8 Å². The summed E-state index contributed by atoms with van der Waals surface area (Å²) in [5.74, 6) is -3.20. The SMILES string of the molecule is CC(C)(C)[C@H](c1cc(-c2cc(F)ccc2F)cn1Cc1ccccc1)N(CC[C@H](NC(=O)O[Si](C)(C)C)C(=O)O)C(=O)CO. The lowest BCUT2D eigenvalue weighted by atomic mass is 9.82. The van der Waals surface area contributed by atoms with Crippen molar-refractivity contribution in [2.45, 2.75) is 65.5 Å². The van der Waals surface area contributed by atoms with Crippen LogP contribution >= 0.6 is 0 Å². The first-order valence-electron chi connectivity index (χ1n) is 14.3. The number of carbonyl (C=O) groups excluding carboxylic acids is 2. The molecule has 12 heteroatoms. The van der Waals surface area contributed by atoms with Crippen molar-refractivity contribution in [1.82, 2.24) is 14.8 Å². The number of hydrogen-bond donors (Lipinski definition) is 3. The Morgan fingerprint density at radius 1 is 1.05 bits per heavy atom. The minimum absolute atomic E-state index is 0.0433. The van der Waals surface area contributed by atoms with Crippen LogP contribution in [-0.4, -0.2) is 65.2 Å². The highest BCUT2D eigenvalue weighted by Gasteiger charge is 2.38. The minimum Gasteiger partial charge on any atom is -0.504 e. The van der Waals surface area contributed by atoms with Gasteiger partial charge in [0.05, 0.1) is 6.04 Å². The van der Waals surface area contributed by atoms with Crippen LogP contribution in [0.25, 0.3) is 11.1 Å². The van der Waals surface area contributed by atoms with Crippen LogP contribution < -0.4 is 5.32 Å². The van der Waals surface area contributed by atoms with Crippen LogP contribution in [0.3, 0.4) is 0 Å². The molecule has 2 aromatic carbocycles. The fourth-order valence-corrected chi connectivity index (χ4v) is 5.69. The number of carbonyl (C=O) groups is 3. The van der Waals surface area contributed by atoms with Gasteiger partial charge in [0.25, 0.3) is 0 Å². The summed E-state index contributed by atoms with van der Waals surface area (Å²) in [6, 6.07) is 12.2. The normalized spacial score (nSPS) is 13.2. The highest BCUT2D eigenvalue weighted by Crippen LogP contribution is 2.41. The molecule has 0 saturated heterocycles. The highest BCUT2D eigenvalue weighted by atomic mass is 28.4. The molecular weight excluding hydrogens is 588 g/mol. The zero-order chi connectivity index (χ0) is 32.8. The van der Waals surface area contributed by atoms with Crippen molar-refractivity contribution in [2.24, 2.45) is 5.41 Å². The second-order valence-corrected chi connectivity index (χ2v) is 17.2. The van der Waals surface area contributed by atoms with Gasteiger partial charge in [-0.25, -0.2) is 18.4 Å². The van der Waals surface area contributed by atoms with E-state index < -0.39 is 62.0 Å². The quantitative estimate of drug-likeness (QED) is 0.218. The molecule has 238 valence electrons. The number of aliphatic hydroxyl groups excluding tert-OH is 1. The summed E-state index contributed by atoms with van der Waals surface area (Å²) < 4.78 is 36.3. The molecule has 2 amide bonds. The van der Waals surface area contributed by atoms with E-state index in [1.807, 2.05) is 55.7 Å². The maximum Gasteiger partial charge on any atom is 0.394 e. The smallest absolute Gasteiger partial charge is 0.394 e. The zero-order valence-electron chi connectivity index (χ0n) is 25.9. The van der Waals surface area contributed by atoms with Crippen molar-refractivity contribution in [3.05, 3.63) is 83.7 Å². The predicted molar refractivity (Wildman–Crippen MR) is 165 cm³/mol. The van der Waals surface area contributed by atoms with Crippen LogP contribution in [0.2, 0.25) is 19.6 Å². The number of nitrogens with one attached hydrogen (secondary N) is 1. The Kier molecular flexibility index (Phi) is 11.1. The number of carboxylic acids is 1. The summed E-state index contributed by atoms with van der Waals surface area (Å²) in [5.41, 5.74) is 1.23. The molecule has 9 nitrogen and oxygen atoms in total. The number of aliphatic carboxylic acids is 1. The number of aliphatic hydroxyl groups is 1. The molecule has 0 aliphatic carbocycles. The fraction of sp³-hybridized carbons (Fsp3) is 0.406. The molecule has 1 aromatic heterocycles. The maximum atomic E-state index is 14.9. The van der Waals surface area contributed by atoms with E-state index in [9.17, 15) is 33.4 Å². The Bertz CT molecular complexity index is 1470. The molecule has 0 saturated carbocycles. The lowest BCUT2D eigenvalue weighted by Gasteiger charge is -2.41. The Labute approximate surface area is 257 Å². The molecule has 0 fully saturated rings. The number of amides is 2.